The Morgan fingerprint density at radius 3 is 2.06 bits per heavy atom. The smallest absolute Gasteiger partial charge is 0.246 e. The molecular formula is C26H24Cl2N2O. The molecule has 0 radical (unpaired) electrons. The number of hydrogen-bond donors (Lipinski definition) is 0. The molecule has 1 aliphatic rings. The van der Waals surface area contributed by atoms with E-state index in [-0.39, 0.29) is 11.9 Å². The topological polar surface area (TPSA) is 23.6 Å². The number of halogens is 2. The van der Waals surface area contributed by atoms with Gasteiger partial charge in [-0.15, -0.1) is 0 Å². The Labute approximate surface area is 193 Å². The van der Waals surface area contributed by atoms with E-state index in [9.17, 15) is 4.79 Å². The van der Waals surface area contributed by atoms with Gasteiger partial charge in [-0.25, -0.2) is 0 Å². The number of amides is 1. The van der Waals surface area contributed by atoms with E-state index >= 15 is 0 Å². The van der Waals surface area contributed by atoms with Crippen molar-refractivity contribution in [2.45, 2.75) is 6.04 Å². The van der Waals surface area contributed by atoms with E-state index in [1.165, 1.54) is 11.1 Å². The maximum absolute atomic E-state index is 12.7. The van der Waals surface area contributed by atoms with Crippen LogP contribution in [0.1, 0.15) is 22.7 Å². The van der Waals surface area contributed by atoms with Crippen molar-refractivity contribution in [3.63, 3.8) is 0 Å². The molecule has 158 valence electrons. The first-order chi connectivity index (χ1) is 15.1. The van der Waals surface area contributed by atoms with Gasteiger partial charge in [0.25, 0.3) is 0 Å². The average Bonchev–Trinajstić information content (AvgIpc) is 2.81. The summed E-state index contributed by atoms with van der Waals surface area (Å²) in [5.74, 6) is 0.0160. The second-order valence-corrected chi connectivity index (χ2v) is 8.42. The summed E-state index contributed by atoms with van der Waals surface area (Å²) in [7, 11) is 0. The van der Waals surface area contributed by atoms with E-state index in [2.05, 4.69) is 41.3 Å². The van der Waals surface area contributed by atoms with Crippen molar-refractivity contribution in [1.29, 1.82) is 0 Å². The van der Waals surface area contributed by atoms with E-state index in [0.717, 1.165) is 23.7 Å². The summed E-state index contributed by atoms with van der Waals surface area (Å²) in [5.41, 5.74) is 3.29. The number of piperazine rings is 1. The highest BCUT2D eigenvalue weighted by atomic mass is 35.5. The van der Waals surface area contributed by atoms with Crippen molar-refractivity contribution < 1.29 is 4.79 Å². The lowest BCUT2D eigenvalue weighted by Crippen LogP contribution is -2.49. The van der Waals surface area contributed by atoms with E-state index in [4.69, 9.17) is 23.2 Å². The zero-order chi connectivity index (χ0) is 21.6. The normalized spacial score (nSPS) is 15.9. The van der Waals surface area contributed by atoms with Crippen LogP contribution in [0.15, 0.2) is 84.9 Å². The van der Waals surface area contributed by atoms with Crippen LogP contribution >= 0.6 is 23.2 Å². The van der Waals surface area contributed by atoms with Gasteiger partial charge in [0.1, 0.15) is 0 Å². The maximum Gasteiger partial charge on any atom is 0.246 e. The number of rotatable bonds is 5. The van der Waals surface area contributed by atoms with Crippen LogP contribution in [-0.2, 0) is 4.79 Å². The first kappa shape index (κ1) is 21.6. The predicted molar refractivity (Wildman–Crippen MR) is 128 cm³/mol. The molecule has 5 heteroatoms. The molecular weight excluding hydrogens is 427 g/mol. The average molecular weight is 451 g/mol. The quantitative estimate of drug-likeness (QED) is 0.449. The highest BCUT2D eigenvalue weighted by Crippen LogP contribution is 2.30. The van der Waals surface area contributed by atoms with Crippen LogP contribution in [0, 0.1) is 0 Å². The summed E-state index contributed by atoms with van der Waals surface area (Å²) in [6.07, 6.45) is 3.41. The highest BCUT2D eigenvalue weighted by Gasteiger charge is 2.27. The van der Waals surface area contributed by atoms with Gasteiger partial charge in [-0.1, -0.05) is 83.9 Å². The Morgan fingerprint density at radius 2 is 1.39 bits per heavy atom. The minimum atomic E-state index is 0.0160. The van der Waals surface area contributed by atoms with Gasteiger partial charge in [0, 0.05) is 42.3 Å². The first-order valence-corrected chi connectivity index (χ1v) is 11.1. The van der Waals surface area contributed by atoms with Crippen molar-refractivity contribution in [2.75, 3.05) is 26.2 Å². The van der Waals surface area contributed by atoms with Gasteiger partial charge < -0.3 is 4.90 Å². The molecule has 3 aromatic carbocycles. The van der Waals surface area contributed by atoms with Gasteiger partial charge in [-0.2, -0.15) is 0 Å². The highest BCUT2D eigenvalue weighted by molar-refractivity contribution is 6.32. The van der Waals surface area contributed by atoms with Crippen LogP contribution in [0.5, 0.6) is 0 Å². The zero-order valence-electron chi connectivity index (χ0n) is 17.1. The van der Waals surface area contributed by atoms with Crippen LogP contribution < -0.4 is 0 Å². The number of benzene rings is 3. The number of nitrogens with zero attached hydrogens (tertiary/aromatic N) is 2. The summed E-state index contributed by atoms with van der Waals surface area (Å²) in [6, 6.07) is 26.2. The molecule has 1 heterocycles. The minimum absolute atomic E-state index is 0.0160. The van der Waals surface area contributed by atoms with Crippen LogP contribution in [0.3, 0.4) is 0 Å². The molecule has 0 bridgehead atoms. The zero-order valence-corrected chi connectivity index (χ0v) is 18.6. The van der Waals surface area contributed by atoms with Gasteiger partial charge in [-0.05, 0) is 41.0 Å². The second kappa shape index (κ2) is 10.1. The molecule has 1 fully saturated rings. The Morgan fingerprint density at radius 1 is 0.774 bits per heavy atom. The van der Waals surface area contributed by atoms with Gasteiger partial charge in [0.2, 0.25) is 5.91 Å². The van der Waals surface area contributed by atoms with Crippen molar-refractivity contribution >= 4 is 35.2 Å². The molecule has 0 aliphatic carbocycles. The molecule has 31 heavy (non-hydrogen) atoms. The predicted octanol–water partition coefficient (Wildman–Crippen LogP) is 5.94. The van der Waals surface area contributed by atoms with Crippen molar-refractivity contribution in [3.05, 3.63) is 112 Å². The van der Waals surface area contributed by atoms with Crippen molar-refractivity contribution in [1.82, 2.24) is 9.80 Å². The molecule has 1 amide bonds. The number of carbonyl (C=O) groups excluding carboxylic acids is 1. The minimum Gasteiger partial charge on any atom is -0.337 e. The lowest BCUT2D eigenvalue weighted by Gasteiger charge is -2.39. The molecule has 1 saturated heterocycles. The largest absolute Gasteiger partial charge is 0.337 e. The molecule has 0 N–H and O–H groups in total. The fourth-order valence-corrected chi connectivity index (χ4v) is 4.30. The summed E-state index contributed by atoms with van der Waals surface area (Å²) < 4.78 is 0. The van der Waals surface area contributed by atoms with Crippen molar-refractivity contribution in [3.8, 4) is 0 Å². The first-order valence-electron chi connectivity index (χ1n) is 10.4. The lowest BCUT2D eigenvalue weighted by atomic mass is 9.96. The van der Waals surface area contributed by atoms with Crippen molar-refractivity contribution in [2.24, 2.45) is 0 Å². The lowest BCUT2D eigenvalue weighted by molar-refractivity contribution is -0.127. The third-order valence-electron chi connectivity index (χ3n) is 5.60. The second-order valence-electron chi connectivity index (χ2n) is 7.58. The van der Waals surface area contributed by atoms with Gasteiger partial charge in [0.15, 0.2) is 0 Å². The number of carbonyl (C=O) groups is 1. The molecule has 0 aromatic heterocycles. The summed E-state index contributed by atoms with van der Waals surface area (Å²) in [5, 5.41) is 1.38. The molecule has 3 aromatic rings. The Kier molecular flexibility index (Phi) is 7.08. The van der Waals surface area contributed by atoms with E-state index in [1.807, 2.05) is 47.4 Å². The maximum atomic E-state index is 12.7. The van der Waals surface area contributed by atoms with Crippen LogP contribution in [-0.4, -0.2) is 41.9 Å². The van der Waals surface area contributed by atoms with E-state index < -0.39 is 0 Å². The molecule has 0 spiro atoms. The Hall–Kier alpha value is -2.59. The SMILES string of the molecule is O=C(/C=C/c1ccccc1Cl)N1CCN(C(c2ccccc2)c2ccc(Cl)cc2)CC1. The molecule has 1 unspecified atom stereocenters. The van der Waals surface area contributed by atoms with E-state index in [0.29, 0.717) is 18.1 Å². The standard InChI is InChI=1S/C26H24Cl2N2O/c27-23-13-10-22(11-14-23)26(21-7-2-1-3-8-21)30-18-16-29(17-19-30)25(31)15-12-20-6-4-5-9-24(20)28/h1-15,26H,16-19H2/b15-12+. The van der Waals surface area contributed by atoms with Gasteiger partial charge in [0.05, 0.1) is 6.04 Å². The fourth-order valence-electron chi connectivity index (χ4n) is 3.97. The van der Waals surface area contributed by atoms with Gasteiger partial charge in [-0.3, -0.25) is 9.69 Å². The molecule has 3 nitrogen and oxygen atoms in total. The molecule has 1 atom stereocenters. The monoisotopic (exact) mass is 450 g/mol. The van der Waals surface area contributed by atoms with E-state index in [1.54, 1.807) is 12.2 Å². The van der Waals surface area contributed by atoms with Gasteiger partial charge >= 0.3 is 0 Å². The third-order valence-corrected chi connectivity index (χ3v) is 6.20. The Bertz CT molecular complexity index is 1040. The third kappa shape index (κ3) is 5.37. The fraction of sp³-hybridized carbons (Fsp3) is 0.192. The summed E-state index contributed by atoms with van der Waals surface area (Å²) in [6.45, 7) is 2.97. The molecule has 1 aliphatic heterocycles. The molecule has 0 saturated carbocycles. The number of hydrogen-bond acceptors (Lipinski definition) is 2. The summed E-state index contributed by atoms with van der Waals surface area (Å²) in [4.78, 5) is 17.0. The van der Waals surface area contributed by atoms with Crippen LogP contribution in [0.2, 0.25) is 10.0 Å². The Balaban J connectivity index is 1.46. The molecule has 4 rings (SSSR count). The van der Waals surface area contributed by atoms with Crippen LogP contribution in [0.25, 0.3) is 6.08 Å². The van der Waals surface area contributed by atoms with Crippen LogP contribution in [0.4, 0.5) is 0 Å². The summed E-state index contributed by atoms with van der Waals surface area (Å²) >= 11 is 12.3.